The average molecular weight is 329 g/mol. The molecule has 3 aromatic rings. The molecule has 0 spiro atoms. The van der Waals surface area contributed by atoms with E-state index in [-0.39, 0.29) is 0 Å². The number of aromatic amines is 1. The molecule has 3 nitrogen and oxygen atoms in total. The highest BCUT2D eigenvalue weighted by Gasteiger charge is 2.19. The van der Waals surface area contributed by atoms with Crippen molar-refractivity contribution in [1.29, 1.82) is 5.26 Å². The Labute approximate surface area is 148 Å². The second-order valence-electron chi connectivity index (χ2n) is 7.06. The maximum atomic E-state index is 8.93. The summed E-state index contributed by atoms with van der Waals surface area (Å²) in [5.74, 6) is 0. The van der Waals surface area contributed by atoms with E-state index in [1.807, 2.05) is 24.3 Å². The van der Waals surface area contributed by atoms with Crippen molar-refractivity contribution in [3.05, 3.63) is 59.8 Å². The van der Waals surface area contributed by atoms with Crippen LogP contribution in [0.2, 0.25) is 0 Å². The van der Waals surface area contributed by atoms with Crippen molar-refractivity contribution >= 4 is 10.9 Å². The van der Waals surface area contributed by atoms with Crippen LogP contribution in [0.4, 0.5) is 0 Å². The van der Waals surface area contributed by atoms with Gasteiger partial charge in [0, 0.05) is 35.6 Å². The van der Waals surface area contributed by atoms with Gasteiger partial charge < -0.3 is 9.88 Å². The van der Waals surface area contributed by atoms with Gasteiger partial charge in [0.25, 0.3) is 0 Å². The lowest BCUT2D eigenvalue weighted by molar-refractivity contribution is 0.271. The molecule has 1 aliphatic rings. The Kier molecular flexibility index (Phi) is 4.29. The van der Waals surface area contributed by atoms with E-state index in [1.54, 1.807) is 0 Å². The maximum Gasteiger partial charge on any atom is 0.0991 e. The van der Waals surface area contributed by atoms with Crippen molar-refractivity contribution in [2.45, 2.75) is 32.2 Å². The van der Waals surface area contributed by atoms with Crippen LogP contribution in [0.3, 0.4) is 0 Å². The Bertz CT molecular complexity index is 915. The number of likely N-dealkylation sites (tertiary alicyclic amines) is 1. The predicted octanol–water partition coefficient (Wildman–Crippen LogP) is 4.73. The minimum Gasteiger partial charge on any atom is -0.358 e. The highest BCUT2D eigenvalue weighted by Crippen LogP contribution is 2.26. The van der Waals surface area contributed by atoms with Crippen LogP contribution < -0.4 is 0 Å². The van der Waals surface area contributed by atoms with E-state index in [9.17, 15) is 0 Å². The number of rotatable bonds is 4. The lowest BCUT2D eigenvalue weighted by atomic mass is 10.0. The molecule has 1 saturated heterocycles. The number of nitriles is 1. The fraction of sp³-hybridized carbons (Fsp3) is 0.318. The highest BCUT2D eigenvalue weighted by atomic mass is 15.2. The van der Waals surface area contributed by atoms with Crippen LogP contribution in [0.1, 0.15) is 31.0 Å². The summed E-state index contributed by atoms with van der Waals surface area (Å²) in [6, 6.07) is 19.5. The Morgan fingerprint density at radius 3 is 2.64 bits per heavy atom. The summed E-state index contributed by atoms with van der Waals surface area (Å²) in [5.41, 5.74) is 5.54. The van der Waals surface area contributed by atoms with Gasteiger partial charge in [-0.15, -0.1) is 0 Å². The number of benzene rings is 2. The Morgan fingerprint density at radius 2 is 1.92 bits per heavy atom. The van der Waals surface area contributed by atoms with Crippen molar-refractivity contribution < 1.29 is 0 Å². The summed E-state index contributed by atoms with van der Waals surface area (Å²) < 4.78 is 0. The van der Waals surface area contributed by atoms with Gasteiger partial charge in [-0.1, -0.05) is 18.2 Å². The molecule has 25 heavy (non-hydrogen) atoms. The molecule has 0 amide bonds. The Balaban J connectivity index is 1.53. The lowest BCUT2D eigenvalue weighted by Gasteiger charge is -2.20. The molecule has 1 N–H and O–H groups in total. The first-order chi connectivity index (χ1) is 12.2. The van der Waals surface area contributed by atoms with Gasteiger partial charge in [-0.05, 0) is 67.8 Å². The number of hydrogen-bond donors (Lipinski definition) is 1. The summed E-state index contributed by atoms with van der Waals surface area (Å²) in [7, 11) is 0. The molecule has 0 aliphatic carbocycles. The first-order valence-electron chi connectivity index (χ1n) is 9.09. The quantitative estimate of drug-likeness (QED) is 0.751. The van der Waals surface area contributed by atoms with Crippen LogP contribution in [-0.2, 0) is 6.42 Å². The summed E-state index contributed by atoms with van der Waals surface area (Å²) >= 11 is 0. The molecule has 0 radical (unpaired) electrons. The van der Waals surface area contributed by atoms with E-state index >= 15 is 0 Å². The number of nitrogens with zero attached hydrogens (tertiary/aromatic N) is 2. The minimum atomic E-state index is 0.699. The Hall–Kier alpha value is -2.57. The van der Waals surface area contributed by atoms with Gasteiger partial charge in [0.15, 0.2) is 0 Å². The van der Waals surface area contributed by atoms with E-state index < -0.39 is 0 Å². The lowest BCUT2D eigenvalue weighted by Crippen LogP contribution is -2.29. The van der Waals surface area contributed by atoms with Crippen molar-refractivity contribution in [2.24, 2.45) is 0 Å². The zero-order chi connectivity index (χ0) is 17.2. The van der Waals surface area contributed by atoms with Crippen LogP contribution in [0.5, 0.6) is 0 Å². The summed E-state index contributed by atoms with van der Waals surface area (Å²) in [6.45, 7) is 4.71. The van der Waals surface area contributed by atoms with Gasteiger partial charge in [0.05, 0.1) is 11.6 Å². The zero-order valence-corrected chi connectivity index (χ0v) is 14.6. The smallest absolute Gasteiger partial charge is 0.0991 e. The third kappa shape index (κ3) is 3.31. The number of H-pyrrole nitrogens is 1. The molecule has 126 valence electrons. The summed E-state index contributed by atoms with van der Waals surface area (Å²) in [6.07, 6.45) is 3.74. The Morgan fingerprint density at radius 1 is 1.12 bits per heavy atom. The third-order valence-electron chi connectivity index (χ3n) is 5.38. The van der Waals surface area contributed by atoms with Crippen LogP contribution >= 0.6 is 0 Å². The van der Waals surface area contributed by atoms with Crippen molar-refractivity contribution in [1.82, 2.24) is 9.88 Å². The topological polar surface area (TPSA) is 42.8 Å². The van der Waals surface area contributed by atoms with Crippen LogP contribution in [0.15, 0.2) is 48.5 Å². The molecule has 1 aliphatic heterocycles. The van der Waals surface area contributed by atoms with Gasteiger partial charge >= 0.3 is 0 Å². The molecule has 3 heteroatoms. The molecule has 1 atom stereocenters. The van der Waals surface area contributed by atoms with Gasteiger partial charge in [-0.2, -0.15) is 5.26 Å². The fourth-order valence-corrected chi connectivity index (χ4v) is 3.83. The SMILES string of the molecule is CC1CCCN1CCc1cc2cc(-c3ccc(C#N)cc3)ccc2[nH]1. The van der Waals surface area contributed by atoms with Crippen molar-refractivity contribution in [3.8, 4) is 17.2 Å². The number of fused-ring (bicyclic) bond motifs is 1. The first-order valence-corrected chi connectivity index (χ1v) is 9.09. The molecule has 1 unspecified atom stereocenters. The third-order valence-corrected chi connectivity index (χ3v) is 5.38. The van der Waals surface area contributed by atoms with E-state index in [0.29, 0.717) is 5.56 Å². The molecule has 2 aromatic carbocycles. The van der Waals surface area contributed by atoms with E-state index in [2.05, 4.69) is 47.1 Å². The van der Waals surface area contributed by atoms with Gasteiger partial charge in [-0.25, -0.2) is 0 Å². The van der Waals surface area contributed by atoms with E-state index in [4.69, 9.17) is 5.26 Å². The largest absolute Gasteiger partial charge is 0.358 e. The van der Waals surface area contributed by atoms with E-state index in [1.165, 1.54) is 41.5 Å². The van der Waals surface area contributed by atoms with Gasteiger partial charge in [0.2, 0.25) is 0 Å². The zero-order valence-electron chi connectivity index (χ0n) is 14.6. The highest BCUT2D eigenvalue weighted by molar-refractivity contribution is 5.85. The normalized spacial score (nSPS) is 17.8. The second kappa shape index (κ2) is 6.74. The molecule has 0 bridgehead atoms. The summed E-state index contributed by atoms with van der Waals surface area (Å²) in [4.78, 5) is 6.15. The fourth-order valence-electron chi connectivity index (χ4n) is 3.83. The molecule has 0 saturated carbocycles. The molecule has 2 heterocycles. The van der Waals surface area contributed by atoms with E-state index in [0.717, 1.165) is 24.6 Å². The molecule has 4 rings (SSSR count). The monoisotopic (exact) mass is 329 g/mol. The molecular weight excluding hydrogens is 306 g/mol. The number of nitrogens with one attached hydrogen (secondary N) is 1. The maximum absolute atomic E-state index is 8.93. The van der Waals surface area contributed by atoms with Gasteiger partial charge in [-0.3, -0.25) is 0 Å². The summed E-state index contributed by atoms with van der Waals surface area (Å²) in [5, 5.41) is 10.2. The number of hydrogen-bond acceptors (Lipinski definition) is 2. The minimum absolute atomic E-state index is 0.699. The predicted molar refractivity (Wildman–Crippen MR) is 102 cm³/mol. The molecule has 1 fully saturated rings. The van der Waals surface area contributed by atoms with Crippen molar-refractivity contribution in [2.75, 3.05) is 13.1 Å². The van der Waals surface area contributed by atoms with Crippen LogP contribution in [0.25, 0.3) is 22.0 Å². The molecular formula is C22H23N3. The van der Waals surface area contributed by atoms with Crippen LogP contribution in [0, 0.1) is 11.3 Å². The average Bonchev–Trinajstić information content (AvgIpc) is 3.24. The van der Waals surface area contributed by atoms with Crippen molar-refractivity contribution in [3.63, 3.8) is 0 Å². The van der Waals surface area contributed by atoms with Crippen LogP contribution in [-0.4, -0.2) is 29.0 Å². The number of aromatic nitrogens is 1. The van der Waals surface area contributed by atoms with Gasteiger partial charge in [0.1, 0.15) is 0 Å². The standard InChI is InChI=1S/C22H23N3/c1-16-3-2-11-25(16)12-10-21-14-20-13-19(8-9-22(20)24-21)18-6-4-17(15-23)5-7-18/h4-9,13-14,16,24H,2-3,10-12H2,1H3. The first kappa shape index (κ1) is 15.9. The molecule has 1 aromatic heterocycles. The second-order valence-corrected chi connectivity index (χ2v) is 7.06.